The molecule has 2 N–H and O–H groups in total. The van der Waals surface area contributed by atoms with Crippen molar-refractivity contribution in [2.24, 2.45) is 0 Å². The topological polar surface area (TPSA) is 84.9 Å². The smallest absolute Gasteiger partial charge is 0.408 e. The molecule has 1 atom stereocenters. The highest BCUT2D eigenvalue weighted by Crippen LogP contribution is 2.10. The zero-order chi connectivity index (χ0) is 16.8. The average molecular weight is 325 g/mol. The zero-order valence-corrected chi connectivity index (χ0v) is 13.4. The molecule has 1 unspecified atom stereocenters. The molecule has 6 heteroatoms. The van der Waals surface area contributed by atoms with E-state index >= 15 is 0 Å². The number of benzene rings is 1. The minimum Gasteiger partial charge on any atom is -0.467 e. The van der Waals surface area contributed by atoms with E-state index in [1.54, 1.807) is 45.0 Å². The fourth-order valence-electron chi connectivity index (χ4n) is 1.80. The summed E-state index contributed by atoms with van der Waals surface area (Å²) in [5.74, 6) is -0.544. The van der Waals surface area contributed by atoms with Crippen molar-refractivity contribution in [2.75, 3.05) is 7.11 Å². The Hall–Kier alpha value is -2.08. The lowest BCUT2D eigenvalue weighted by Gasteiger charge is -2.22. The molecule has 0 saturated carbocycles. The summed E-state index contributed by atoms with van der Waals surface area (Å²) in [6.45, 7) is 5.19. The van der Waals surface area contributed by atoms with Crippen LogP contribution < -0.4 is 5.32 Å². The van der Waals surface area contributed by atoms with E-state index in [-0.39, 0.29) is 20.5 Å². The van der Waals surface area contributed by atoms with E-state index in [1.165, 1.54) is 7.11 Å². The molecule has 0 aliphatic rings. The SMILES string of the molecule is C.COC(=O)C(Cc1ccc(CO)cc1)NC(=O)OC(C)(C)C. The number of ether oxygens (including phenoxy) is 2. The van der Waals surface area contributed by atoms with Gasteiger partial charge in [-0.3, -0.25) is 0 Å². The summed E-state index contributed by atoms with van der Waals surface area (Å²) >= 11 is 0. The molecule has 0 bridgehead atoms. The van der Waals surface area contributed by atoms with Gasteiger partial charge in [0.05, 0.1) is 13.7 Å². The number of esters is 1. The van der Waals surface area contributed by atoms with E-state index in [2.05, 4.69) is 5.32 Å². The molecule has 6 nitrogen and oxygen atoms in total. The Morgan fingerprint density at radius 3 is 2.13 bits per heavy atom. The summed E-state index contributed by atoms with van der Waals surface area (Å²) in [4.78, 5) is 23.6. The van der Waals surface area contributed by atoms with Gasteiger partial charge in [-0.15, -0.1) is 0 Å². The molecule has 1 aromatic rings. The largest absolute Gasteiger partial charge is 0.467 e. The van der Waals surface area contributed by atoms with E-state index in [0.717, 1.165) is 11.1 Å². The Balaban J connectivity index is 0.00000484. The second-order valence-electron chi connectivity index (χ2n) is 5.90. The third-order valence-electron chi connectivity index (χ3n) is 2.82. The lowest BCUT2D eigenvalue weighted by Crippen LogP contribution is -2.45. The summed E-state index contributed by atoms with van der Waals surface area (Å²) < 4.78 is 9.86. The van der Waals surface area contributed by atoms with Crippen molar-refractivity contribution in [3.05, 3.63) is 35.4 Å². The van der Waals surface area contributed by atoms with Crippen molar-refractivity contribution in [3.8, 4) is 0 Å². The standard InChI is InChI=1S/C16H23NO5.CH4/c1-16(2,3)22-15(20)17-13(14(19)21-4)9-11-5-7-12(10-18)8-6-11;/h5-8,13,18H,9-10H2,1-4H3,(H,17,20);1H4. The van der Waals surface area contributed by atoms with E-state index in [0.29, 0.717) is 0 Å². The highest BCUT2D eigenvalue weighted by atomic mass is 16.6. The quantitative estimate of drug-likeness (QED) is 0.812. The number of aliphatic hydroxyl groups excluding tert-OH is 1. The summed E-state index contributed by atoms with van der Waals surface area (Å²) in [6.07, 6.45) is -0.396. The van der Waals surface area contributed by atoms with Crippen LogP contribution in [0.15, 0.2) is 24.3 Å². The van der Waals surface area contributed by atoms with Crippen molar-refractivity contribution >= 4 is 12.1 Å². The molecular weight excluding hydrogens is 298 g/mol. The van der Waals surface area contributed by atoms with Crippen LogP contribution in [0.3, 0.4) is 0 Å². The van der Waals surface area contributed by atoms with Gasteiger partial charge in [-0.1, -0.05) is 31.7 Å². The van der Waals surface area contributed by atoms with Gasteiger partial charge in [-0.25, -0.2) is 9.59 Å². The molecule has 0 aliphatic heterocycles. The summed E-state index contributed by atoms with van der Waals surface area (Å²) in [5, 5.41) is 11.5. The van der Waals surface area contributed by atoms with E-state index in [1.807, 2.05) is 0 Å². The molecule has 1 amide bonds. The first-order valence-electron chi connectivity index (χ1n) is 7.01. The Kier molecular flexibility index (Phi) is 8.32. The number of methoxy groups -OCH3 is 1. The number of amides is 1. The molecule has 23 heavy (non-hydrogen) atoms. The van der Waals surface area contributed by atoms with Crippen LogP contribution in [0.4, 0.5) is 4.79 Å². The van der Waals surface area contributed by atoms with Gasteiger partial charge in [0.15, 0.2) is 0 Å². The van der Waals surface area contributed by atoms with E-state index < -0.39 is 23.7 Å². The Morgan fingerprint density at radius 1 is 1.17 bits per heavy atom. The molecule has 1 rings (SSSR count). The third-order valence-corrected chi connectivity index (χ3v) is 2.82. The van der Waals surface area contributed by atoms with Crippen molar-refractivity contribution in [3.63, 3.8) is 0 Å². The number of hydrogen-bond donors (Lipinski definition) is 2. The fraction of sp³-hybridized carbons (Fsp3) is 0.529. The lowest BCUT2D eigenvalue weighted by molar-refractivity contribution is -0.143. The number of alkyl carbamates (subject to hydrolysis) is 1. The summed E-state index contributed by atoms with van der Waals surface area (Å²) in [7, 11) is 1.26. The van der Waals surface area contributed by atoms with Gasteiger partial charge < -0.3 is 19.9 Å². The third kappa shape index (κ3) is 7.65. The van der Waals surface area contributed by atoms with Gasteiger partial charge in [-0.2, -0.15) is 0 Å². The lowest BCUT2D eigenvalue weighted by atomic mass is 10.0. The van der Waals surface area contributed by atoms with Crippen LogP contribution in [0.2, 0.25) is 0 Å². The second-order valence-corrected chi connectivity index (χ2v) is 5.90. The minimum atomic E-state index is -0.833. The highest BCUT2D eigenvalue weighted by molar-refractivity contribution is 5.81. The number of hydrogen-bond acceptors (Lipinski definition) is 5. The first-order chi connectivity index (χ1) is 10.2. The molecule has 0 spiro atoms. The Morgan fingerprint density at radius 2 is 1.70 bits per heavy atom. The normalized spacial score (nSPS) is 11.9. The molecule has 0 heterocycles. The van der Waals surface area contributed by atoms with Crippen LogP contribution >= 0.6 is 0 Å². The van der Waals surface area contributed by atoms with Crippen molar-refractivity contribution < 1.29 is 24.2 Å². The van der Waals surface area contributed by atoms with Crippen LogP contribution in [0, 0.1) is 0 Å². The molecule has 0 fully saturated rings. The zero-order valence-electron chi connectivity index (χ0n) is 13.4. The highest BCUT2D eigenvalue weighted by Gasteiger charge is 2.25. The molecule has 0 aromatic heterocycles. The van der Waals surface area contributed by atoms with Gasteiger partial charge in [0.2, 0.25) is 0 Å². The van der Waals surface area contributed by atoms with E-state index in [4.69, 9.17) is 14.6 Å². The molecule has 0 aliphatic carbocycles. The number of nitrogens with one attached hydrogen (secondary N) is 1. The summed E-state index contributed by atoms with van der Waals surface area (Å²) in [5.41, 5.74) is 0.968. The predicted molar refractivity (Wildman–Crippen MR) is 88.0 cm³/mol. The minimum absolute atomic E-state index is 0. The van der Waals surface area contributed by atoms with Gasteiger partial charge in [-0.05, 0) is 31.9 Å². The van der Waals surface area contributed by atoms with Gasteiger partial charge in [0.1, 0.15) is 11.6 Å². The fourth-order valence-corrected chi connectivity index (χ4v) is 1.80. The number of carbonyl (C=O) groups is 2. The Bertz CT molecular complexity index is 505. The molecule has 0 saturated heterocycles. The van der Waals surface area contributed by atoms with Crippen LogP contribution in [0.1, 0.15) is 39.3 Å². The summed E-state index contributed by atoms with van der Waals surface area (Å²) in [6, 6.07) is 6.27. The number of carbonyl (C=O) groups excluding carboxylic acids is 2. The first-order valence-corrected chi connectivity index (χ1v) is 7.01. The van der Waals surface area contributed by atoms with Gasteiger partial charge in [0.25, 0.3) is 0 Å². The van der Waals surface area contributed by atoms with Crippen molar-refractivity contribution in [1.82, 2.24) is 5.32 Å². The maximum atomic E-state index is 11.8. The maximum absolute atomic E-state index is 11.8. The molecular formula is C17H27NO5. The predicted octanol–water partition coefficient (Wildman–Crippen LogP) is 2.42. The second kappa shape index (κ2) is 9.15. The van der Waals surface area contributed by atoms with Gasteiger partial charge in [0, 0.05) is 6.42 Å². The average Bonchev–Trinajstić information content (AvgIpc) is 2.44. The number of aliphatic hydroxyl groups is 1. The molecule has 1 aromatic carbocycles. The van der Waals surface area contributed by atoms with Crippen LogP contribution in [-0.2, 0) is 27.3 Å². The van der Waals surface area contributed by atoms with Crippen LogP contribution in [0.5, 0.6) is 0 Å². The van der Waals surface area contributed by atoms with E-state index in [9.17, 15) is 9.59 Å². The Labute approximate surface area is 137 Å². The van der Waals surface area contributed by atoms with Crippen LogP contribution in [0.25, 0.3) is 0 Å². The monoisotopic (exact) mass is 325 g/mol. The first kappa shape index (κ1) is 20.9. The molecule has 130 valence electrons. The van der Waals surface area contributed by atoms with Crippen molar-refractivity contribution in [2.45, 2.75) is 52.9 Å². The van der Waals surface area contributed by atoms with Gasteiger partial charge >= 0.3 is 12.1 Å². The molecule has 0 radical (unpaired) electrons. The van der Waals surface area contributed by atoms with Crippen LogP contribution in [-0.4, -0.2) is 35.9 Å². The van der Waals surface area contributed by atoms with Crippen molar-refractivity contribution in [1.29, 1.82) is 0 Å². The maximum Gasteiger partial charge on any atom is 0.408 e. The number of rotatable bonds is 5.